The second-order valence-electron chi connectivity index (χ2n) is 5.28. The molecule has 1 heterocycles. The van der Waals surface area contributed by atoms with Gasteiger partial charge in [-0.05, 0) is 46.7 Å². The molecule has 2 unspecified atom stereocenters. The molecule has 0 saturated carbocycles. The van der Waals surface area contributed by atoms with Crippen molar-refractivity contribution in [3.63, 3.8) is 0 Å². The number of likely N-dealkylation sites (N-methyl/N-ethyl adjacent to an activating group) is 1. The van der Waals surface area contributed by atoms with Crippen LogP contribution < -0.4 is 5.32 Å². The minimum Gasteiger partial charge on any atom is -0.468 e. The Labute approximate surface area is 115 Å². The average Bonchev–Trinajstić information content (AvgIpc) is 2.67. The first-order valence-electron chi connectivity index (χ1n) is 6.70. The van der Waals surface area contributed by atoms with Crippen LogP contribution in [0.2, 0.25) is 0 Å². The largest absolute Gasteiger partial charge is 0.468 e. The van der Waals surface area contributed by atoms with Crippen LogP contribution >= 0.6 is 0 Å². The number of nitrogens with one attached hydrogen (secondary N) is 1. The number of esters is 1. The Morgan fingerprint density at radius 2 is 2.21 bits per heavy atom. The lowest BCUT2D eigenvalue weighted by atomic mass is 9.93. The van der Waals surface area contributed by atoms with Gasteiger partial charge in [-0.3, -0.25) is 9.48 Å². The number of hydrogen-bond acceptors (Lipinski definition) is 4. The van der Waals surface area contributed by atoms with Gasteiger partial charge in [0.05, 0.1) is 18.8 Å². The van der Waals surface area contributed by atoms with Gasteiger partial charge in [0.25, 0.3) is 0 Å². The fraction of sp³-hybridized carbons (Fsp3) is 0.714. The van der Waals surface area contributed by atoms with Crippen LogP contribution in [-0.4, -0.2) is 34.9 Å². The molecule has 1 N–H and O–H groups in total. The number of carbonyl (C=O) groups excluding carboxylic acids is 1. The summed E-state index contributed by atoms with van der Waals surface area (Å²) in [7, 11) is 1.42. The molecule has 108 valence electrons. The van der Waals surface area contributed by atoms with Crippen molar-refractivity contribution in [1.29, 1.82) is 0 Å². The first-order valence-corrected chi connectivity index (χ1v) is 6.70. The molecule has 1 aromatic heterocycles. The number of ether oxygens (including phenoxy) is 1. The van der Waals surface area contributed by atoms with E-state index in [0.29, 0.717) is 6.42 Å². The maximum absolute atomic E-state index is 12.0. The van der Waals surface area contributed by atoms with Gasteiger partial charge in [-0.15, -0.1) is 0 Å². The monoisotopic (exact) mass is 267 g/mol. The molecule has 0 spiro atoms. The Morgan fingerprint density at radius 1 is 1.58 bits per heavy atom. The van der Waals surface area contributed by atoms with E-state index in [9.17, 15) is 4.79 Å². The van der Waals surface area contributed by atoms with E-state index in [-0.39, 0.29) is 12.0 Å². The Hall–Kier alpha value is -1.36. The zero-order valence-corrected chi connectivity index (χ0v) is 12.8. The summed E-state index contributed by atoms with van der Waals surface area (Å²) in [5.74, 6) is -0.234. The number of rotatable bonds is 6. The van der Waals surface area contributed by atoms with Crippen molar-refractivity contribution in [2.75, 3.05) is 13.7 Å². The number of nitrogens with zero attached hydrogens (tertiary/aromatic N) is 2. The predicted octanol–water partition coefficient (Wildman–Crippen LogP) is 1.99. The van der Waals surface area contributed by atoms with Crippen LogP contribution in [0.3, 0.4) is 0 Å². The molecule has 0 aromatic carbocycles. The Balaban J connectivity index is 2.90. The lowest BCUT2D eigenvalue weighted by Gasteiger charge is -2.30. The molecule has 0 aliphatic rings. The number of methoxy groups -OCH3 is 1. The summed E-state index contributed by atoms with van der Waals surface area (Å²) in [4.78, 5) is 12.0. The van der Waals surface area contributed by atoms with Gasteiger partial charge in [0.1, 0.15) is 5.54 Å². The van der Waals surface area contributed by atoms with Gasteiger partial charge in [0.2, 0.25) is 0 Å². The third kappa shape index (κ3) is 3.56. The van der Waals surface area contributed by atoms with Crippen LogP contribution in [0.4, 0.5) is 0 Å². The van der Waals surface area contributed by atoms with Crippen LogP contribution in [0.1, 0.15) is 44.6 Å². The average molecular weight is 267 g/mol. The third-order valence-corrected chi connectivity index (χ3v) is 3.37. The molecule has 0 bridgehead atoms. The van der Waals surface area contributed by atoms with E-state index in [1.165, 1.54) is 7.11 Å². The van der Waals surface area contributed by atoms with E-state index < -0.39 is 5.54 Å². The van der Waals surface area contributed by atoms with Crippen molar-refractivity contribution in [2.45, 2.75) is 52.6 Å². The van der Waals surface area contributed by atoms with Crippen molar-refractivity contribution < 1.29 is 9.53 Å². The highest BCUT2D eigenvalue weighted by molar-refractivity contribution is 5.80. The summed E-state index contributed by atoms with van der Waals surface area (Å²) in [5.41, 5.74) is 1.41. The Kier molecular flexibility index (Phi) is 5.11. The molecular weight excluding hydrogens is 242 g/mol. The lowest BCUT2D eigenvalue weighted by molar-refractivity contribution is -0.148. The summed E-state index contributed by atoms with van der Waals surface area (Å²) < 4.78 is 6.88. The maximum Gasteiger partial charge on any atom is 0.325 e. The highest BCUT2D eigenvalue weighted by Crippen LogP contribution is 2.23. The molecule has 0 aliphatic carbocycles. The van der Waals surface area contributed by atoms with Gasteiger partial charge >= 0.3 is 5.97 Å². The van der Waals surface area contributed by atoms with Crippen LogP contribution in [0, 0.1) is 13.8 Å². The SMILES string of the molecule is CCNC(C)(CC(C)n1nc(C)cc1C)C(=O)OC. The van der Waals surface area contributed by atoms with Crippen molar-refractivity contribution in [1.82, 2.24) is 15.1 Å². The van der Waals surface area contributed by atoms with Crippen LogP contribution in [0.5, 0.6) is 0 Å². The summed E-state index contributed by atoms with van der Waals surface area (Å²) >= 11 is 0. The van der Waals surface area contributed by atoms with Gasteiger partial charge in [0.15, 0.2) is 0 Å². The van der Waals surface area contributed by atoms with Gasteiger partial charge in [-0.1, -0.05) is 6.92 Å². The first kappa shape index (κ1) is 15.7. The Bertz CT molecular complexity index is 442. The first-order chi connectivity index (χ1) is 8.84. The van der Waals surface area contributed by atoms with Crippen molar-refractivity contribution in [3.8, 4) is 0 Å². The van der Waals surface area contributed by atoms with Crippen molar-refractivity contribution >= 4 is 5.97 Å². The topological polar surface area (TPSA) is 56.2 Å². The standard InChI is InChI=1S/C14H25N3O2/c1-7-15-14(5,13(18)19-6)9-12(4)17-11(3)8-10(2)16-17/h8,12,15H,7,9H2,1-6H3. The zero-order chi connectivity index (χ0) is 14.6. The highest BCUT2D eigenvalue weighted by Gasteiger charge is 2.35. The van der Waals surface area contributed by atoms with Crippen LogP contribution in [0.15, 0.2) is 6.07 Å². The highest BCUT2D eigenvalue weighted by atomic mass is 16.5. The second kappa shape index (κ2) is 6.19. The predicted molar refractivity (Wildman–Crippen MR) is 75.1 cm³/mol. The van der Waals surface area contributed by atoms with E-state index in [4.69, 9.17) is 4.74 Å². The molecule has 5 nitrogen and oxygen atoms in total. The molecule has 2 atom stereocenters. The molecular formula is C14H25N3O2. The minimum atomic E-state index is -0.685. The van der Waals surface area contributed by atoms with Crippen LogP contribution in [-0.2, 0) is 9.53 Å². The third-order valence-electron chi connectivity index (χ3n) is 3.37. The number of carbonyl (C=O) groups is 1. The van der Waals surface area contributed by atoms with E-state index in [1.807, 2.05) is 38.4 Å². The number of aryl methyl sites for hydroxylation is 2. The van der Waals surface area contributed by atoms with Gasteiger partial charge < -0.3 is 10.1 Å². The summed E-state index contributed by atoms with van der Waals surface area (Å²) in [6.07, 6.45) is 0.634. The van der Waals surface area contributed by atoms with Crippen molar-refractivity contribution in [2.24, 2.45) is 0 Å². The number of aromatic nitrogens is 2. The van der Waals surface area contributed by atoms with Gasteiger partial charge in [0, 0.05) is 5.69 Å². The molecule has 0 saturated heterocycles. The van der Waals surface area contributed by atoms with Gasteiger partial charge in [-0.25, -0.2) is 0 Å². The molecule has 0 aliphatic heterocycles. The molecule has 5 heteroatoms. The summed E-state index contributed by atoms with van der Waals surface area (Å²) in [6.45, 7) is 10.6. The molecule has 0 radical (unpaired) electrons. The normalized spacial score (nSPS) is 15.9. The second-order valence-corrected chi connectivity index (χ2v) is 5.28. The Morgan fingerprint density at radius 3 is 2.63 bits per heavy atom. The molecule has 1 rings (SSSR count). The van der Waals surface area contributed by atoms with E-state index in [2.05, 4.69) is 17.3 Å². The van der Waals surface area contributed by atoms with Crippen molar-refractivity contribution in [3.05, 3.63) is 17.5 Å². The van der Waals surface area contributed by atoms with E-state index in [0.717, 1.165) is 17.9 Å². The fourth-order valence-corrected chi connectivity index (χ4v) is 2.61. The smallest absolute Gasteiger partial charge is 0.325 e. The molecule has 1 aromatic rings. The minimum absolute atomic E-state index is 0.122. The number of hydrogen-bond donors (Lipinski definition) is 1. The quantitative estimate of drug-likeness (QED) is 0.801. The lowest BCUT2D eigenvalue weighted by Crippen LogP contribution is -2.51. The van der Waals surface area contributed by atoms with Crippen LogP contribution in [0.25, 0.3) is 0 Å². The fourth-order valence-electron chi connectivity index (χ4n) is 2.61. The molecule has 19 heavy (non-hydrogen) atoms. The molecule has 0 amide bonds. The van der Waals surface area contributed by atoms with E-state index in [1.54, 1.807) is 0 Å². The summed E-state index contributed by atoms with van der Waals surface area (Å²) in [5, 5.41) is 7.70. The summed E-state index contributed by atoms with van der Waals surface area (Å²) in [6, 6.07) is 2.16. The maximum atomic E-state index is 12.0. The van der Waals surface area contributed by atoms with Gasteiger partial charge in [-0.2, -0.15) is 5.10 Å². The van der Waals surface area contributed by atoms with E-state index >= 15 is 0 Å². The molecule has 0 fully saturated rings. The zero-order valence-electron chi connectivity index (χ0n) is 12.8.